The van der Waals surface area contributed by atoms with E-state index in [0.717, 1.165) is 103 Å². The van der Waals surface area contributed by atoms with Crippen LogP contribution in [0.5, 0.6) is 0 Å². The number of carbonyl (C=O) groups is 3. The molecule has 0 radical (unpaired) electrons. The van der Waals surface area contributed by atoms with Crippen LogP contribution in [-0.4, -0.2) is 82.3 Å². The molecule has 0 fully saturated rings. The fourth-order valence-electron chi connectivity index (χ4n) is 6.04. The second kappa shape index (κ2) is 44.8. The first-order valence-electron chi connectivity index (χ1n) is 24.4. The van der Waals surface area contributed by atoms with Crippen LogP contribution in [0.15, 0.2) is 97.2 Å². The summed E-state index contributed by atoms with van der Waals surface area (Å²) in [4.78, 5) is 37.1. The maximum atomic E-state index is 12.8. The van der Waals surface area contributed by atoms with Crippen molar-refractivity contribution in [1.82, 2.24) is 0 Å². The number of esters is 2. The van der Waals surface area contributed by atoms with Crippen molar-refractivity contribution in [1.29, 1.82) is 0 Å². The number of quaternary nitrogens is 1. The number of allylic oxidation sites excluding steroid dienone is 16. The van der Waals surface area contributed by atoms with Crippen molar-refractivity contribution in [2.24, 2.45) is 0 Å². The van der Waals surface area contributed by atoms with Crippen molar-refractivity contribution in [3.63, 3.8) is 0 Å². The fourth-order valence-corrected chi connectivity index (χ4v) is 6.04. The van der Waals surface area contributed by atoms with E-state index in [0.29, 0.717) is 23.9 Å². The number of carbonyl (C=O) groups excluding carboxylic acids is 3. The smallest absolute Gasteiger partial charge is 0.306 e. The topological polar surface area (TPSA) is 111 Å². The van der Waals surface area contributed by atoms with E-state index < -0.39 is 24.3 Å². The van der Waals surface area contributed by atoms with E-state index in [-0.39, 0.29) is 38.6 Å². The van der Waals surface area contributed by atoms with Gasteiger partial charge < -0.3 is 33.3 Å². The summed E-state index contributed by atoms with van der Waals surface area (Å²) in [6.07, 6.45) is 55.8. The van der Waals surface area contributed by atoms with E-state index in [1.54, 1.807) is 0 Å². The number of carboxylic acid groups (broad SMARTS) is 1. The molecule has 0 rings (SSSR count). The van der Waals surface area contributed by atoms with Crippen molar-refractivity contribution in [3.8, 4) is 0 Å². The van der Waals surface area contributed by atoms with Crippen LogP contribution in [0.1, 0.15) is 168 Å². The van der Waals surface area contributed by atoms with Gasteiger partial charge in [-0.3, -0.25) is 9.59 Å². The first-order chi connectivity index (χ1) is 30.6. The Morgan fingerprint density at radius 2 is 0.905 bits per heavy atom. The monoisotopic (exact) mass is 880 g/mol. The molecule has 0 aliphatic rings. The van der Waals surface area contributed by atoms with Crippen molar-refractivity contribution in [2.75, 3.05) is 47.5 Å². The molecule has 0 aromatic carbocycles. The van der Waals surface area contributed by atoms with Crippen molar-refractivity contribution >= 4 is 17.9 Å². The van der Waals surface area contributed by atoms with E-state index >= 15 is 0 Å². The zero-order valence-corrected chi connectivity index (χ0v) is 40.4. The molecule has 0 aliphatic carbocycles. The molecule has 9 heteroatoms. The molecule has 0 saturated carbocycles. The third-order valence-electron chi connectivity index (χ3n) is 9.82. The minimum absolute atomic E-state index is 0.133. The number of rotatable bonds is 43. The van der Waals surface area contributed by atoms with E-state index in [2.05, 4.69) is 111 Å². The molecule has 0 spiro atoms. The summed E-state index contributed by atoms with van der Waals surface area (Å²) in [6.45, 7) is 4.52. The maximum Gasteiger partial charge on any atom is 0.306 e. The number of likely N-dealkylation sites (N-methyl/N-ethyl adjacent to an activating group) is 1. The minimum Gasteiger partial charge on any atom is -0.545 e. The lowest BCUT2D eigenvalue weighted by molar-refractivity contribution is -0.870. The Hall–Kier alpha value is -3.79. The number of ether oxygens (including phenoxy) is 4. The van der Waals surface area contributed by atoms with Crippen LogP contribution in [0.2, 0.25) is 0 Å². The van der Waals surface area contributed by atoms with Gasteiger partial charge in [0.2, 0.25) is 0 Å². The SMILES string of the molecule is CC/C=C\C/C=C\C/C=C\C/C=C\C/C=C\CCCCCC(=O)OC(COC(=O)CCCCCCCC/C=C\C/C=C\C/C=C\CCCCC)COC(OCC[N+](C)(C)C)C(=O)[O-]. The van der Waals surface area contributed by atoms with Crippen LogP contribution >= 0.6 is 0 Å². The predicted molar refractivity (Wildman–Crippen MR) is 260 cm³/mol. The van der Waals surface area contributed by atoms with Gasteiger partial charge in [-0.2, -0.15) is 0 Å². The highest BCUT2D eigenvalue weighted by molar-refractivity contribution is 5.70. The average Bonchev–Trinajstić information content (AvgIpc) is 3.24. The van der Waals surface area contributed by atoms with Crippen LogP contribution in [0, 0.1) is 0 Å². The molecule has 9 nitrogen and oxygen atoms in total. The van der Waals surface area contributed by atoms with Gasteiger partial charge in [0, 0.05) is 12.8 Å². The highest BCUT2D eigenvalue weighted by Gasteiger charge is 2.21. The zero-order chi connectivity index (χ0) is 46.3. The standard InChI is InChI=1S/C54H89NO8/c1-6-8-10-12-14-16-18-20-22-24-26-28-30-32-34-36-38-40-42-44-51(56)61-48-50(49-62-54(53(58)59)60-47-46-55(3,4)5)63-52(57)45-43-41-39-37-35-33-31-29-27-25-23-21-19-17-15-13-11-9-7-2/h9,11,14-17,20-23,26-29,33,35,50,54H,6-8,10,12-13,18-19,24-25,30-32,34,36-49H2,1-5H3/b11-9-,16-14-,17-15-,22-20-,23-21-,28-26-,29-27-,35-33-. The van der Waals surface area contributed by atoms with Gasteiger partial charge in [0.05, 0.1) is 40.3 Å². The highest BCUT2D eigenvalue weighted by atomic mass is 16.7. The number of carboxylic acids is 1. The summed E-state index contributed by atoms with van der Waals surface area (Å²) >= 11 is 0. The van der Waals surface area contributed by atoms with Gasteiger partial charge in [0.25, 0.3) is 0 Å². The first-order valence-corrected chi connectivity index (χ1v) is 24.4. The van der Waals surface area contributed by atoms with Crippen LogP contribution in [0.25, 0.3) is 0 Å². The van der Waals surface area contributed by atoms with Crippen molar-refractivity contribution < 1.29 is 42.9 Å². The number of nitrogens with zero attached hydrogens (tertiary/aromatic N) is 1. The Morgan fingerprint density at radius 1 is 0.492 bits per heavy atom. The van der Waals surface area contributed by atoms with Crippen molar-refractivity contribution in [2.45, 2.75) is 180 Å². The van der Waals surface area contributed by atoms with Gasteiger partial charge >= 0.3 is 11.9 Å². The number of hydrogen-bond acceptors (Lipinski definition) is 8. The van der Waals surface area contributed by atoms with E-state index in [4.69, 9.17) is 18.9 Å². The third-order valence-corrected chi connectivity index (χ3v) is 9.82. The lowest BCUT2D eigenvalue weighted by Gasteiger charge is -2.26. The van der Waals surface area contributed by atoms with Crippen LogP contribution < -0.4 is 5.11 Å². The van der Waals surface area contributed by atoms with Gasteiger partial charge in [0.15, 0.2) is 12.4 Å². The van der Waals surface area contributed by atoms with Gasteiger partial charge in [0.1, 0.15) is 13.2 Å². The number of aliphatic carboxylic acids is 1. The molecule has 0 aromatic rings. The molecular formula is C54H89NO8. The Morgan fingerprint density at radius 3 is 1.37 bits per heavy atom. The molecule has 63 heavy (non-hydrogen) atoms. The summed E-state index contributed by atoms with van der Waals surface area (Å²) < 4.78 is 22.5. The zero-order valence-electron chi connectivity index (χ0n) is 40.4. The first kappa shape index (κ1) is 59.2. The van der Waals surface area contributed by atoms with Gasteiger partial charge in [-0.1, -0.05) is 156 Å². The van der Waals surface area contributed by atoms with Crippen LogP contribution in [0.3, 0.4) is 0 Å². The lowest BCUT2D eigenvalue weighted by atomic mass is 10.1. The quantitative estimate of drug-likeness (QED) is 0.0196. The molecule has 0 heterocycles. The Balaban J connectivity index is 4.50. The molecule has 0 amide bonds. The minimum atomic E-state index is -1.64. The molecule has 2 unspecified atom stereocenters. The fraction of sp³-hybridized carbons (Fsp3) is 0.648. The largest absolute Gasteiger partial charge is 0.545 e. The van der Waals surface area contributed by atoms with Gasteiger partial charge in [-0.25, -0.2) is 0 Å². The summed E-state index contributed by atoms with van der Waals surface area (Å²) in [5.41, 5.74) is 0. The van der Waals surface area contributed by atoms with E-state index in [1.165, 1.54) is 25.7 Å². The second-order valence-corrected chi connectivity index (χ2v) is 17.0. The maximum absolute atomic E-state index is 12.8. The lowest BCUT2D eigenvalue weighted by Crippen LogP contribution is -2.44. The molecular weight excluding hydrogens is 791 g/mol. The van der Waals surface area contributed by atoms with Crippen LogP contribution in [0.4, 0.5) is 0 Å². The van der Waals surface area contributed by atoms with E-state index in [9.17, 15) is 19.5 Å². The van der Waals surface area contributed by atoms with Crippen molar-refractivity contribution in [3.05, 3.63) is 97.2 Å². The normalized spacial score (nSPS) is 13.7. The molecule has 358 valence electrons. The van der Waals surface area contributed by atoms with Crippen LogP contribution in [-0.2, 0) is 33.3 Å². The summed E-state index contributed by atoms with van der Waals surface area (Å²) in [5.74, 6) is -2.36. The molecule has 0 aliphatic heterocycles. The second-order valence-electron chi connectivity index (χ2n) is 17.0. The Kier molecular flexibility index (Phi) is 42.1. The van der Waals surface area contributed by atoms with Gasteiger partial charge in [-0.05, 0) is 96.3 Å². The van der Waals surface area contributed by atoms with E-state index in [1.807, 2.05) is 21.1 Å². The molecule has 0 aromatic heterocycles. The summed E-state index contributed by atoms with van der Waals surface area (Å²) in [7, 11) is 5.88. The molecule has 2 atom stereocenters. The predicted octanol–water partition coefficient (Wildman–Crippen LogP) is 12.1. The number of unbranched alkanes of at least 4 members (excludes halogenated alkanes) is 12. The summed E-state index contributed by atoms with van der Waals surface area (Å²) in [6, 6.07) is 0. The number of hydrogen-bond donors (Lipinski definition) is 0. The highest BCUT2D eigenvalue weighted by Crippen LogP contribution is 2.12. The average molecular weight is 880 g/mol. The third kappa shape index (κ3) is 46.0. The van der Waals surface area contributed by atoms with Gasteiger partial charge in [-0.15, -0.1) is 0 Å². The molecule has 0 saturated heterocycles. The Bertz CT molecular complexity index is 1350. The molecule has 0 N–H and O–H groups in total. The Labute approximate surface area is 384 Å². The summed E-state index contributed by atoms with van der Waals surface area (Å²) in [5, 5.41) is 11.7. The molecule has 0 bridgehead atoms.